The van der Waals surface area contributed by atoms with Gasteiger partial charge >= 0.3 is 11.9 Å². The fourth-order valence-electron chi connectivity index (χ4n) is 8.71. The van der Waals surface area contributed by atoms with E-state index < -0.39 is 52.1 Å². The summed E-state index contributed by atoms with van der Waals surface area (Å²) in [4.78, 5) is 37.7. The van der Waals surface area contributed by atoms with E-state index in [-0.39, 0.29) is 23.5 Å². The number of hydrogen-bond donors (Lipinski definition) is 2. The zero-order valence-corrected chi connectivity index (χ0v) is 21.3. The van der Waals surface area contributed by atoms with Crippen molar-refractivity contribution in [2.45, 2.75) is 79.3 Å². The third-order valence-electron chi connectivity index (χ3n) is 10.5. The van der Waals surface area contributed by atoms with Crippen LogP contribution >= 0.6 is 0 Å². The Hall–Kier alpha value is -2.25. The summed E-state index contributed by atoms with van der Waals surface area (Å²) in [6.07, 6.45) is 6.22. The van der Waals surface area contributed by atoms with Crippen molar-refractivity contribution < 1.29 is 34.1 Å². The second kappa shape index (κ2) is 7.39. The smallest absolute Gasteiger partial charge is 0.336 e. The number of ketones is 1. The van der Waals surface area contributed by atoms with Gasteiger partial charge in [0.25, 0.3) is 0 Å². The van der Waals surface area contributed by atoms with Crippen molar-refractivity contribution in [2.24, 2.45) is 39.4 Å². The topological polar surface area (TPSA) is 110 Å². The number of hydrogen-bond acceptors (Lipinski definition) is 7. The highest BCUT2D eigenvalue weighted by Gasteiger charge is 2.70. The molecule has 2 fully saturated rings. The van der Waals surface area contributed by atoms with E-state index in [0.29, 0.717) is 24.8 Å². The van der Waals surface area contributed by atoms with Crippen molar-refractivity contribution in [1.82, 2.24) is 0 Å². The molecule has 7 nitrogen and oxygen atoms in total. The lowest BCUT2D eigenvalue weighted by molar-refractivity contribution is -0.193. The lowest BCUT2D eigenvalue weighted by atomic mass is 9.38. The summed E-state index contributed by atoms with van der Waals surface area (Å²) in [6.45, 7) is 11.6. The minimum Gasteiger partial charge on any atom is -0.462 e. The summed E-state index contributed by atoms with van der Waals surface area (Å²) >= 11 is 0. The molecule has 9 unspecified atom stereocenters. The van der Waals surface area contributed by atoms with Crippen LogP contribution in [0, 0.1) is 39.4 Å². The van der Waals surface area contributed by atoms with Gasteiger partial charge in [-0.3, -0.25) is 9.59 Å². The molecular formula is C28H36O7. The SMILES string of the molecule is CC(=O)OC1CC2C3(C)C=CC(=O)C(C)(C)C3CC(O)C2(C)C2=CCC(C3=CC(O)OC3=O)C21C. The number of allylic oxidation sites excluding steroid dienone is 3. The Kier molecular flexibility index (Phi) is 5.16. The molecule has 9 atom stereocenters. The molecule has 0 spiro atoms. The highest BCUT2D eigenvalue weighted by molar-refractivity contribution is 5.96. The number of cyclic esters (lactones) is 1. The molecule has 7 heteroatoms. The average molecular weight is 485 g/mol. The van der Waals surface area contributed by atoms with Crippen molar-refractivity contribution in [3.63, 3.8) is 0 Å². The quantitative estimate of drug-likeness (QED) is 0.457. The Balaban J connectivity index is 1.66. The molecule has 0 aromatic heterocycles. The summed E-state index contributed by atoms with van der Waals surface area (Å²) in [5.74, 6) is -1.40. The average Bonchev–Trinajstić information content (AvgIpc) is 3.28. The molecule has 0 aromatic rings. The molecule has 0 aromatic carbocycles. The number of carbonyl (C=O) groups excluding carboxylic acids is 3. The van der Waals surface area contributed by atoms with Crippen LogP contribution < -0.4 is 0 Å². The van der Waals surface area contributed by atoms with Crippen LogP contribution in [0.1, 0.15) is 60.8 Å². The largest absolute Gasteiger partial charge is 0.462 e. The summed E-state index contributed by atoms with van der Waals surface area (Å²) < 4.78 is 11.0. The van der Waals surface area contributed by atoms with Gasteiger partial charge in [0.2, 0.25) is 6.29 Å². The number of aliphatic hydroxyl groups excluding tert-OH is 2. The number of rotatable bonds is 2. The number of carbonyl (C=O) groups is 3. The van der Waals surface area contributed by atoms with Crippen molar-refractivity contribution in [2.75, 3.05) is 0 Å². The van der Waals surface area contributed by atoms with Crippen LogP contribution in [-0.4, -0.2) is 46.4 Å². The minimum atomic E-state index is -1.28. The monoisotopic (exact) mass is 484 g/mol. The van der Waals surface area contributed by atoms with E-state index in [1.165, 1.54) is 13.0 Å². The fourth-order valence-corrected chi connectivity index (χ4v) is 8.71. The predicted molar refractivity (Wildman–Crippen MR) is 126 cm³/mol. The van der Waals surface area contributed by atoms with Crippen LogP contribution in [-0.2, 0) is 23.9 Å². The number of ether oxygens (including phenoxy) is 2. The zero-order valence-electron chi connectivity index (χ0n) is 21.3. The molecule has 1 heterocycles. The van der Waals surface area contributed by atoms with Crippen LogP contribution in [0.2, 0.25) is 0 Å². The molecule has 0 amide bonds. The fraction of sp³-hybridized carbons (Fsp3) is 0.679. The van der Waals surface area contributed by atoms with Crippen LogP contribution in [0.3, 0.4) is 0 Å². The highest BCUT2D eigenvalue weighted by Crippen LogP contribution is 2.72. The van der Waals surface area contributed by atoms with Gasteiger partial charge in [0.1, 0.15) is 6.10 Å². The van der Waals surface area contributed by atoms with Gasteiger partial charge in [-0.25, -0.2) is 4.79 Å². The standard InChI is InChI=1S/C28H36O7/c1-14(29)34-22-13-19-26(4)10-9-20(30)25(2,3)18(26)12-21(31)28(19,6)17-8-7-16(27(17,22)5)15-11-23(32)35-24(15)33/h8-11,16,18-19,21-23,31-32H,7,12-13H2,1-6H3. The summed E-state index contributed by atoms with van der Waals surface area (Å²) in [6, 6.07) is 0. The molecule has 0 radical (unpaired) electrons. The third kappa shape index (κ3) is 3.00. The van der Waals surface area contributed by atoms with E-state index in [0.717, 1.165) is 5.57 Å². The first-order valence-electron chi connectivity index (χ1n) is 12.6. The maximum atomic E-state index is 12.8. The van der Waals surface area contributed by atoms with Gasteiger partial charge in [-0.1, -0.05) is 52.3 Å². The van der Waals surface area contributed by atoms with Gasteiger partial charge in [0, 0.05) is 34.7 Å². The van der Waals surface area contributed by atoms with Gasteiger partial charge in [0.15, 0.2) is 5.78 Å². The summed E-state index contributed by atoms with van der Waals surface area (Å²) in [5.41, 5.74) is -1.03. The Labute approximate surface area is 206 Å². The Bertz CT molecular complexity index is 1100. The van der Waals surface area contributed by atoms with E-state index in [2.05, 4.69) is 19.9 Å². The molecule has 4 aliphatic carbocycles. The molecule has 35 heavy (non-hydrogen) atoms. The van der Waals surface area contributed by atoms with Crippen LogP contribution in [0.4, 0.5) is 0 Å². The molecular weight excluding hydrogens is 448 g/mol. The van der Waals surface area contributed by atoms with Gasteiger partial charge < -0.3 is 19.7 Å². The molecule has 0 bridgehead atoms. The van der Waals surface area contributed by atoms with E-state index in [9.17, 15) is 24.6 Å². The molecule has 190 valence electrons. The van der Waals surface area contributed by atoms with Crippen molar-refractivity contribution in [3.05, 3.63) is 35.5 Å². The molecule has 1 aliphatic heterocycles. The lowest BCUT2D eigenvalue weighted by Gasteiger charge is -2.67. The minimum absolute atomic E-state index is 0.0663. The number of esters is 2. The summed E-state index contributed by atoms with van der Waals surface area (Å²) in [7, 11) is 0. The van der Waals surface area contributed by atoms with Crippen molar-refractivity contribution >= 4 is 17.7 Å². The van der Waals surface area contributed by atoms with Gasteiger partial charge in [-0.05, 0) is 48.7 Å². The molecule has 2 N–H and O–H groups in total. The molecule has 5 aliphatic rings. The van der Waals surface area contributed by atoms with Crippen molar-refractivity contribution in [1.29, 1.82) is 0 Å². The maximum Gasteiger partial charge on any atom is 0.336 e. The zero-order chi connectivity index (χ0) is 25.7. The van der Waals surface area contributed by atoms with Gasteiger partial charge in [-0.2, -0.15) is 0 Å². The first kappa shape index (κ1) is 24.4. The first-order chi connectivity index (χ1) is 16.2. The Morgan fingerprint density at radius 3 is 2.34 bits per heavy atom. The van der Waals surface area contributed by atoms with Crippen molar-refractivity contribution in [3.8, 4) is 0 Å². The van der Waals surface area contributed by atoms with E-state index in [4.69, 9.17) is 9.47 Å². The Morgan fingerprint density at radius 1 is 1.06 bits per heavy atom. The number of fused-ring (bicyclic) bond motifs is 5. The second-order valence-corrected chi connectivity index (χ2v) is 12.4. The molecule has 5 rings (SSSR count). The maximum absolute atomic E-state index is 12.8. The first-order valence-corrected chi connectivity index (χ1v) is 12.6. The lowest BCUT2D eigenvalue weighted by Crippen LogP contribution is -2.66. The normalized spacial score (nSPS) is 47.8. The second-order valence-electron chi connectivity index (χ2n) is 12.4. The Morgan fingerprint density at radius 2 is 1.74 bits per heavy atom. The van der Waals surface area contributed by atoms with E-state index in [1.54, 1.807) is 6.08 Å². The van der Waals surface area contributed by atoms with Crippen LogP contribution in [0.5, 0.6) is 0 Å². The van der Waals surface area contributed by atoms with Gasteiger partial charge in [0.05, 0.1) is 6.10 Å². The number of aliphatic hydroxyl groups is 2. The van der Waals surface area contributed by atoms with E-state index in [1.807, 2.05) is 26.8 Å². The molecule has 2 saturated carbocycles. The predicted octanol–water partition coefficient (Wildman–Crippen LogP) is 3.25. The highest BCUT2D eigenvalue weighted by atomic mass is 16.6. The molecule has 0 saturated heterocycles. The van der Waals surface area contributed by atoms with E-state index >= 15 is 0 Å². The third-order valence-corrected chi connectivity index (χ3v) is 10.5. The van der Waals surface area contributed by atoms with Crippen LogP contribution in [0.15, 0.2) is 35.5 Å². The summed E-state index contributed by atoms with van der Waals surface area (Å²) in [5, 5.41) is 21.7. The van der Waals surface area contributed by atoms with Gasteiger partial charge in [-0.15, -0.1) is 0 Å². The van der Waals surface area contributed by atoms with Crippen LogP contribution in [0.25, 0.3) is 0 Å².